The summed E-state index contributed by atoms with van der Waals surface area (Å²) >= 11 is 0. The lowest BCUT2D eigenvalue weighted by Gasteiger charge is -2.33. The SMILES string of the molecule is CCc1nc(C)nc(N2CCC(CN)CC2)c1C. The normalized spacial score (nSPS) is 17.2. The molecule has 0 unspecified atom stereocenters. The highest BCUT2D eigenvalue weighted by Gasteiger charge is 2.21. The summed E-state index contributed by atoms with van der Waals surface area (Å²) in [5.74, 6) is 2.71. The molecular weight excluding hydrogens is 224 g/mol. The van der Waals surface area contributed by atoms with Crippen molar-refractivity contribution >= 4 is 5.82 Å². The molecule has 2 heterocycles. The lowest BCUT2D eigenvalue weighted by molar-refractivity contribution is 0.412. The van der Waals surface area contributed by atoms with Crippen molar-refractivity contribution in [2.45, 2.75) is 40.0 Å². The highest BCUT2D eigenvalue weighted by molar-refractivity contribution is 5.48. The van der Waals surface area contributed by atoms with Crippen LogP contribution in [0.4, 0.5) is 5.82 Å². The molecule has 0 saturated carbocycles. The summed E-state index contributed by atoms with van der Waals surface area (Å²) < 4.78 is 0. The second-order valence-electron chi connectivity index (χ2n) is 5.19. The molecule has 100 valence electrons. The molecule has 18 heavy (non-hydrogen) atoms. The van der Waals surface area contributed by atoms with Crippen molar-refractivity contribution in [2.24, 2.45) is 11.7 Å². The van der Waals surface area contributed by atoms with Gasteiger partial charge >= 0.3 is 0 Å². The molecule has 1 fully saturated rings. The molecule has 0 spiro atoms. The molecule has 2 rings (SSSR count). The second kappa shape index (κ2) is 5.65. The van der Waals surface area contributed by atoms with Crippen LogP contribution in [0.3, 0.4) is 0 Å². The van der Waals surface area contributed by atoms with Crippen molar-refractivity contribution in [1.29, 1.82) is 0 Å². The molecule has 4 nitrogen and oxygen atoms in total. The number of anilines is 1. The second-order valence-corrected chi connectivity index (χ2v) is 5.19. The van der Waals surface area contributed by atoms with Gasteiger partial charge in [0.15, 0.2) is 0 Å². The summed E-state index contributed by atoms with van der Waals surface area (Å²) in [6.45, 7) is 9.23. The molecule has 4 heteroatoms. The van der Waals surface area contributed by atoms with Gasteiger partial charge in [0.2, 0.25) is 0 Å². The summed E-state index contributed by atoms with van der Waals surface area (Å²) in [6.07, 6.45) is 3.34. The molecule has 2 N–H and O–H groups in total. The van der Waals surface area contributed by atoms with E-state index in [-0.39, 0.29) is 0 Å². The minimum Gasteiger partial charge on any atom is -0.356 e. The van der Waals surface area contributed by atoms with Crippen LogP contribution in [0.1, 0.15) is 36.8 Å². The number of aryl methyl sites for hydroxylation is 2. The average Bonchev–Trinajstić information content (AvgIpc) is 2.41. The molecule has 1 aliphatic heterocycles. The van der Waals surface area contributed by atoms with Gasteiger partial charge in [-0.2, -0.15) is 0 Å². The maximum Gasteiger partial charge on any atom is 0.135 e. The largest absolute Gasteiger partial charge is 0.356 e. The Labute approximate surface area is 110 Å². The zero-order chi connectivity index (χ0) is 13.1. The number of aromatic nitrogens is 2. The molecule has 0 aliphatic carbocycles. The lowest BCUT2D eigenvalue weighted by Crippen LogP contribution is -2.37. The first kappa shape index (κ1) is 13.3. The summed E-state index contributed by atoms with van der Waals surface area (Å²) in [4.78, 5) is 11.6. The van der Waals surface area contributed by atoms with Gasteiger partial charge in [0.25, 0.3) is 0 Å². The van der Waals surface area contributed by atoms with E-state index < -0.39 is 0 Å². The number of piperidine rings is 1. The Bertz CT molecular complexity index is 409. The van der Waals surface area contributed by atoms with Crippen molar-refractivity contribution in [1.82, 2.24) is 9.97 Å². The van der Waals surface area contributed by atoms with Gasteiger partial charge in [-0.3, -0.25) is 0 Å². The standard InChI is InChI=1S/C14H24N4/c1-4-13-10(2)14(17-11(3)16-13)18-7-5-12(9-15)6-8-18/h12H,4-9,15H2,1-3H3. The van der Waals surface area contributed by atoms with Gasteiger partial charge in [0, 0.05) is 24.3 Å². The molecule has 0 aromatic carbocycles. The number of hydrogen-bond acceptors (Lipinski definition) is 4. The van der Waals surface area contributed by atoms with Crippen LogP contribution in [0.5, 0.6) is 0 Å². The fraction of sp³-hybridized carbons (Fsp3) is 0.714. The molecule has 0 amide bonds. The Balaban J connectivity index is 2.21. The van der Waals surface area contributed by atoms with Crippen molar-refractivity contribution in [3.63, 3.8) is 0 Å². The predicted octanol–water partition coefficient (Wildman–Crippen LogP) is 1.83. The fourth-order valence-corrected chi connectivity index (χ4v) is 2.70. The fourth-order valence-electron chi connectivity index (χ4n) is 2.70. The van der Waals surface area contributed by atoms with E-state index >= 15 is 0 Å². The van der Waals surface area contributed by atoms with E-state index in [0.29, 0.717) is 5.92 Å². The van der Waals surface area contributed by atoms with Crippen LogP contribution in [0.25, 0.3) is 0 Å². The minimum absolute atomic E-state index is 0.690. The molecule has 1 aromatic heterocycles. The molecule has 1 aliphatic rings. The smallest absolute Gasteiger partial charge is 0.135 e. The third-order valence-electron chi connectivity index (χ3n) is 3.92. The molecule has 0 radical (unpaired) electrons. The Morgan fingerprint density at radius 2 is 1.89 bits per heavy atom. The van der Waals surface area contributed by atoms with Crippen molar-refractivity contribution in [2.75, 3.05) is 24.5 Å². The monoisotopic (exact) mass is 248 g/mol. The van der Waals surface area contributed by atoms with Gasteiger partial charge in [-0.05, 0) is 45.6 Å². The van der Waals surface area contributed by atoms with Gasteiger partial charge in [-0.15, -0.1) is 0 Å². The molecule has 0 atom stereocenters. The summed E-state index contributed by atoms with van der Waals surface area (Å²) in [6, 6.07) is 0. The maximum absolute atomic E-state index is 5.74. The van der Waals surface area contributed by atoms with E-state index in [0.717, 1.165) is 37.7 Å². The number of rotatable bonds is 3. The van der Waals surface area contributed by atoms with Crippen LogP contribution in [0, 0.1) is 19.8 Å². The maximum atomic E-state index is 5.74. The third-order valence-corrected chi connectivity index (χ3v) is 3.92. The van der Waals surface area contributed by atoms with E-state index in [9.17, 15) is 0 Å². The van der Waals surface area contributed by atoms with E-state index in [2.05, 4.69) is 28.7 Å². The summed E-state index contributed by atoms with van der Waals surface area (Å²) in [5, 5.41) is 0. The lowest BCUT2D eigenvalue weighted by atomic mass is 9.97. The summed E-state index contributed by atoms with van der Waals surface area (Å²) in [5.41, 5.74) is 8.17. The Kier molecular flexibility index (Phi) is 4.17. The first-order valence-electron chi connectivity index (χ1n) is 6.94. The van der Waals surface area contributed by atoms with Crippen LogP contribution in [0.2, 0.25) is 0 Å². The van der Waals surface area contributed by atoms with Crippen LogP contribution in [-0.4, -0.2) is 29.6 Å². The van der Waals surface area contributed by atoms with E-state index in [1.165, 1.54) is 24.1 Å². The van der Waals surface area contributed by atoms with E-state index in [1.807, 2.05) is 6.92 Å². The van der Waals surface area contributed by atoms with Crippen LogP contribution < -0.4 is 10.6 Å². The first-order valence-corrected chi connectivity index (χ1v) is 6.94. The van der Waals surface area contributed by atoms with Crippen molar-refractivity contribution in [3.8, 4) is 0 Å². The molecular formula is C14H24N4. The first-order chi connectivity index (χ1) is 8.65. The third kappa shape index (κ3) is 2.64. The van der Waals surface area contributed by atoms with Gasteiger partial charge in [0.1, 0.15) is 11.6 Å². The van der Waals surface area contributed by atoms with Gasteiger partial charge in [-0.25, -0.2) is 9.97 Å². The molecule has 1 saturated heterocycles. The van der Waals surface area contributed by atoms with Crippen LogP contribution >= 0.6 is 0 Å². The Hall–Kier alpha value is -1.16. The quantitative estimate of drug-likeness (QED) is 0.886. The van der Waals surface area contributed by atoms with Gasteiger partial charge < -0.3 is 10.6 Å². The van der Waals surface area contributed by atoms with E-state index in [1.54, 1.807) is 0 Å². The number of hydrogen-bond donors (Lipinski definition) is 1. The van der Waals surface area contributed by atoms with Crippen LogP contribution in [0.15, 0.2) is 0 Å². The number of nitrogens with two attached hydrogens (primary N) is 1. The predicted molar refractivity (Wildman–Crippen MR) is 74.9 cm³/mol. The van der Waals surface area contributed by atoms with Crippen LogP contribution in [-0.2, 0) is 6.42 Å². The Morgan fingerprint density at radius 1 is 1.22 bits per heavy atom. The molecule has 0 bridgehead atoms. The zero-order valence-electron chi connectivity index (χ0n) is 11.7. The Morgan fingerprint density at radius 3 is 2.44 bits per heavy atom. The zero-order valence-corrected chi connectivity index (χ0v) is 11.7. The van der Waals surface area contributed by atoms with Crippen molar-refractivity contribution < 1.29 is 0 Å². The van der Waals surface area contributed by atoms with Gasteiger partial charge in [0.05, 0.1) is 0 Å². The summed E-state index contributed by atoms with van der Waals surface area (Å²) in [7, 11) is 0. The highest BCUT2D eigenvalue weighted by Crippen LogP contribution is 2.25. The van der Waals surface area contributed by atoms with Crippen molar-refractivity contribution in [3.05, 3.63) is 17.1 Å². The molecule has 1 aromatic rings. The topological polar surface area (TPSA) is 55.0 Å². The minimum atomic E-state index is 0.690. The van der Waals surface area contributed by atoms with Gasteiger partial charge in [-0.1, -0.05) is 6.92 Å². The van der Waals surface area contributed by atoms with E-state index in [4.69, 9.17) is 5.73 Å². The average molecular weight is 248 g/mol. The highest BCUT2D eigenvalue weighted by atomic mass is 15.2. The number of nitrogens with zero attached hydrogens (tertiary/aromatic N) is 3.